The Labute approximate surface area is 120 Å². The summed E-state index contributed by atoms with van der Waals surface area (Å²) >= 11 is 0. The van der Waals surface area contributed by atoms with Crippen molar-refractivity contribution >= 4 is 21.4 Å². The number of para-hydroxylation sites is 1. The maximum atomic E-state index is 12.4. The molecule has 0 heterocycles. The fourth-order valence-electron chi connectivity index (χ4n) is 1.56. The first-order valence-electron chi connectivity index (χ1n) is 5.38. The Bertz CT molecular complexity index is 717. The maximum absolute atomic E-state index is 12.4. The van der Waals surface area contributed by atoms with E-state index in [2.05, 4.69) is 0 Å². The van der Waals surface area contributed by atoms with Crippen LogP contribution in [0.5, 0.6) is 0 Å². The van der Waals surface area contributed by atoms with Crippen LogP contribution in [0.15, 0.2) is 23.1 Å². The molecular weight excluding hydrogens is 300 g/mol. The third kappa shape index (κ3) is 3.24. The molecule has 0 bridgehead atoms. The van der Waals surface area contributed by atoms with E-state index in [4.69, 9.17) is 16.4 Å². The number of nitriles is 2. The summed E-state index contributed by atoms with van der Waals surface area (Å²) in [4.78, 5) is 9.53. The Hall–Kier alpha value is -2.73. The van der Waals surface area contributed by atoms with Crippen molar-refractivity contribution in [3.05, 3.63) is 28.3 Å². The number of nitro benzene ring substituents is 1. The van der Waals surface area contributed by atoms with Crippen molar-refractivity contribution in [3.63, 3.8) is 0 Å². The van der Waals surface area contributed by atoms with Crippen molar-refractivity contribution in [1.29, 1.82) is 10.5 Å². The average Bonchev–Trinajstić information content (AvgIpc) is 2.45. The predicted molar refractivity (Wildman–Crippen MR) is 70.9 cm³/mol. The number of anilines is 1. The highest BCUT2D eigenvalue weighted by Gasteiger charge is 2.33. The number of hydrogen-bond acceptors (Lipinski definition) is 8. The summed E-state index contributed by atoms with van der Waals surface area (Å²) in [5.74, 6) is 5.13. The van der Waals surface area contributed by atoms with Crippen LogP contribution in [0.4, 0.5) is 11.4 Å². The van der Waals surface area contributed by atoms with Gasteiger partial charge in [0.2, 0.25) is 0 Å². The van der Waals surface area contributed by atoms with E-state index in [1.807, 2.05) is 5.43 Å². The van der Waals surface area contributed by atoms with Crippen LogP contribution in [0.1, 0.15) is 0 Å². The molecule has 0 atom stereocenters. The van der Waals surface area contributed by atoms with E-state index < -0.39 is 38.6 Å². The number of nitrogens with two attached hydrogens (primary N) is 1. The SMILES string of the molecule is N#CCN(CC#N)S(=O)(=O)c1cccc(NN)c1[N+](=O)[O-]. The summed E-state index contributed by atoms with van der Waals surface area (Å²) in [6, 6.07) is 6.68. The van der Waals surface area contributed by atoms with Gasteiger partial charge in [0.05, 0.1) is 17.1 Å². The highest BCUT2D eigenvalue weighted by molar-refractivity contribution is 7.89. The zero-order valence-corrected chi connectivity index (χ0v) is 11.4. The van der Waals surface area contributed by atoms with Crippen LogP contribution in [0.25, 0.3) is 0 Å². The molecule has 0 radical (unpaired) electrons. The van der Waals surface area contributed by atoms with Crippen LogP contribution in [0.2, 0.25) is 0 Å². The van der Waals surface area contributed by atoms with E-state index in [9.17, 15) is 18.5 Å². The van der Waals surface area contributed by atoms with Gasteiger partial charge in [0.1, 0.15) is 18.8 Å². The predicted octanol–water partition coefficient (Wildman–Crippen LogP) is -0.0817. The van der Waals surface area contributed by atoms with E-state index in [0.29, 0.717) is 4.31 Å². The Morgan fingerprint density at radius 1 is 1.33 bits per heavy atom. The molecule has 3 N–H and O–H groups in total. The summed E-state index contributed by atoms with van der Waals surface area (Å²) in [6.07, 6.45) is 0. The number of hydrogen-bond donors (Lipinski definition) is 2. The molecule has 1 rings (SSSR count). The van der Waals surface area contributed by atoms with Gasteiger partial charge in [0, 0.05) is 0 Å². The highest BCUT2D eigenvalue weighted by Crippen LogP contribution is 2.33. The van der Waals surface area contributed by atoms with Gasteiger partial charge in [-0.1, -0.05) is 6.07 Å². The molecule has 110 valence electrons. The molecule has 0 fully saturated rings. The quantitative estimate of drug-likeness (QED) is 0.318. The lowest BCUT2D eigenvalue weighted by Gasteiger charge is -2.16. The molecule has 0 saturated carbocycles. The first-order chi connectivity index (χ1) is 9.89. The number of hydrazine groups is 1. The van der Waals surface area contributed by atoms with E-state index in [1.54, 1.807) is 12.1 Å². The zero-order chi connectivity index (χ0) is 16.0. The topological polar surface area (TPSA) is 166 Å². The van der Waals surface area contributed by atoms with Crippen LogP contribution in [0, 0.1) is 32.8 Å². The number of nitrogens with zero attached hydrogens (tertiary/aromatic N) is 4. The molecule has 11 heteroatoms. The monoisotopic (exact) mass is 310 g/mol. The molecular formula is C10H10N6O4S. The number of nitro groups is 1. The summed E-state index contributed by atoms with van der Waals surface area (Å²) in [5.41, 5.74) is 1.09. The lowest BCUT2D eigenvalue weighted by Crippen LogP contribution is -2.32. The molecule has 1 aromatic rings. The maximum Gasteiger partial charge on any atom is 0.313 e. The lowest BCUT2D eigenvalue weighted by atomic mass is 10.3. The summed E-state index contributed by atoms with van der Waals surface area (Å²) in [7, 11) is -4.38. The molecule has 0 aliphatic rings. The van der Waals surface area contributed by atoms with Gasteiger partial charge >= 0.3 is 5.69 Å². The zero-order valence-electron chi connectivity index (χ0n) is 10.6. The van der Waals surface area contributed by atoms with Crippen LogP contribution >= 0.6 is 0 Å². The van der Waals surface area contributed by atoms with E-state index in [1.165, 1.54) is 12.1 Å². The van der Waals surface area contributed by atoms with Gasteiger partial charge in [-0.3, -0.25) is 16.0 Å². The molecule has 0 aromatic heterocycles. The lowest BCUT2D eigenvalue weighted by molar-refractivity contribution is -0.386. The van der Waals surface area contributed by atoms with Crippen molar-refractivity contribution in [2.45, 2.75) is 4.90 Å². The number of sulfonamides is 1. The van der Waals surface area contributed by atoms with E-state index in [0.717, 1.165) is 6.07 Å². The fourth-order valence-corrected chi connectivity index (χ4v) is 2.97. The van der Waals surface area contributed by atoms with Crippen LogP contribution in [-0.2, 0) is 10.0 Å². The average molecular weight is 310 g/mol. The third-order valence-corrected chi connectivity index (χ3v) is 4.27. The van der Waals surface area contributed by atoms with Gasteiger partial charge in [-0.25, -0.2) is 8.42 Å². The van der Waals surface area contributed by atoms with Crippen molar-refractivity contribution in [2.24, 2.45) is 5.84 Å². The van der Waals surface area contributed by atoms with Crippen molar-refractivity contribution in [1.82, 2.24) is 4.31 Å². The number of benzene rings is 1. The van der Waals surface area contributed by atoms with E-state index in [-0.39, 0.29) is 5.69 Å². The Kier molecular flexibility index (Phi) is 5.15. The van der Waals surface area contributed by atoms with Gasteiger partial charge in [-0.15, -0.1) is 0 Å². The Morgan fingerprint density at radius 2 is 1.90 bits per heavy atom. The second-order valence-electron chi connectivity index (χ2n) is 3.64. The number of nitrogens with one attached hydrogen (secondary N) is 1. The molecule has 0 unspecified atom stereocenters. The van der Waals surface area contributed by atoms with Crippen molar-refractivity contribution in [2.75, 3.05) is 18.5 Å². The van der Waals surface area contributed by atoms with Crippen LogP contribution in [-0.4, -0.2) is 30.7 Å². The molecule has 0 amide bonds. The first-order valence-corrected chi connectivity index (χ1v) is 6.82. The molecule has 21 heavy (non-hydrogen) atoms. The molecule has 0 aliphatic heterocycles. The second-order valence-corrected chi connectivity index (χ2v) is 5.55. The minimum atomic E-state index is -4.38. The van der Waals surface area contributed by atoms with Crippen molar-refractivity contribution in [3.8, 4) is 12.1 Å². The Morgan fingerprint density at radius 3 is 2.33 bits per heavy atom. The molecule has 0 spiro atoms. The molecule has 0 saturated heterocycles. The smallest absolute Gasteiger partial charge is 0.313 e. The Balaban J connectivity index is 3.55. The summed E-state index contributed by atoms with van der Waals surface area (Å²) < 4.78 is 25.2. The molecule has 0 aliphatic carbocycles. The number of nitrogen functional groups attached to an aromatic ring is 1. The summed E-state index contributed by atoms with van der Waals surface area (Å²) in [6.45, 7) is -1.21. The number of rotatable bonds is 6. The van der Waals surface area contributed by atoms with Gasteiger partial charge in [0.15, 0.2) is 4.90 Å². The molecule has 10 nitrogen and oxygen atoms in total. The van der Waals surface area contributed by atoms with Gasteiger partial charge in [-0.05, 0) is 12.1 Å². The minimum absolute atomic E-state index is 0.199. The highest BCUT2D eigenvalue weighted by atomic mass is 32.2. The standard InChI is InChI=1S/C10H10N6O4S/c11-4-6-15(7-5-12)21(19,20)9-3-1-2-8(14-13)10(9)16(17)18/h1-3,14H,6-7,13H2. The second kappa shape index (κ2) is 6.62. The largest absolute Gasteiger partial charge is 0.318 e. The fraction of sp³-hybridized carbons (Fsp3) is 0.200. The van der Waals surface area contributed by atoms with E-state index >= 15 is 0 Å². The van der Waals surface area contributed by atoms with Crippen LogP contribution in [0.3, 0.4) is 0 Å². The minimum Gasteiger partial charge on any atom is -0.318 e. The van der Waals surface area contributed by atoms with Gasteiger partial charge < -0.3 is 5.43 Å². The first kappa shape index (κ1) is 16.3. The summed E-state index contributed by atoms with van der Waals surface area (Å²) in [5, 5.41) is 28.3. The third-order valence-electron chi connectivity index (χ3n) is 2.45. The normalized spacial score (nSPS) is 10.7. The van der Waals surface area contributed by atoms with Crippen LogP contribution < -0.4 is 11.3 Å². The van der Waals surface area contributed by atoms with Gasteiger partial charge in [0.25, 0.3) is 10.0 Å². The van der Waals surface area contributed by atoms with Crippen molar-refractivity contribution < 1.29 is 13.3 Å². The molecule has 1 aromatic carbocycles. The van der Waals surface area contributed by atoms with Gasteiger partial charge in [-0.2, -0.15) is 14.8 Å².